The predicted molar refractivity (Wildman–Crippen MR) is 79.0 cm³/mol. The number of rotatable bonds is 5. The van der Waals surface area contributed by atoms with Crippen LogP contribution in [0.3, 0.4) is 0 Å². The molecule has 0 saturated carbocycles. The summed E-state index contributed by atoms with van der Waals surface area (Å²) in [7, 11) is 0. The topological polar surface area (TPSA) is 55.5 Å². The monoisotopic (exact) mass is 291 g/mol. The Balaban J connectivity index is 2.12. The van der Waals surface area contributed by atoms with Crippen molar-refractivity contribution in [3.63, 3.8) is 0 Å². The van der Waals surface area contributed by atoms with E-state index in [-0.39, 0.29) is 24.0 Å². The van der Waals surface area contributed by atoms with Crippen molar-refractivity contribution >= 4 is 17.2 Å². The van der Waals surface area contributed by atoms with Gasteiger partial charge in [-0.05, 0) is 35.4 Å². The van der Waals surface area contributed by atoms with Crippen LogP contribution in [-0.4, -0.2) is 10.1 Å². The Bertz CT molecular complexity index is 614. The van der Waals surface area contributed by atoms with Gasteiger partial charge < -0.3 is 15.6 Å². The number of aliphatic hydroxyl groups is 1. The Morgan fingerprint density at radius 1 is 1.20 bits per heavy atom. The average molecular weight is 291 g/mol. The summed E-state index contributed by atoms with van der Waals surface area (Å²) in [6.07, 6.45) is 0. The first-order chi connectivity index (χ1) is 9.60. The first-order valence-corrected chi connectivity index (χ1v) is 6.42. The van der Waals surface area contributed by atoms with Crippen molar-refractivity contribution in [2.75, 3.05) is 0 Å². The third kappa shape index (κ3) is 3.53. The molecule has 0 aliphatic rings. The van der Waals surface area contributed by atoms with Crippen LogP contribution in [0.1, 0.15) is 16.7 Å². The molecular formula is C15H14FNO2S. The second-order valence-corrected chi connectivity index (χ2v) is 4.70. The molecule has 0 saturated heterocycles. The number of nitrogens with two attached hydrogens (primary N) is 1. The van der Waals surface area contributed by atoms with Gasteiger partial charge >= 0.3 is 0 Å². The zero-order valence-corrected chi connectivity index (χ0v) is 11.5. The highest BCUT2D eigenvalue weighted by Crippen LogP contribution is 2.17. The summed E-state index contributed by atoms with van der Waals surface area (Å²) >= 11 is 4.90. The maximum absolute atomic E-state index is 13.2. The highest BCUT2D eigenvalue weighted by molar-refractivity contribution is 7.80. The first-order valence-electron chi connectivity index (χ1n) is 6.01. The Morgan fingerprint density at radius 3 is 2.50 bits per heavy atom. The molecule has 0 spiro atoms. The predicted octanol–water partition coefficient (Wildman–Crippen LogP) is 2.53. The SMILES string of the molecule is NC(=S)c1cc(F)ccc1COc1ccc(CO)cc1. The normalized spacial score (nSPS) is 10.3. The van der Waals surface area contributed by atoms with Crippen LogP contribution in [0.2, 0.25) is 0 Å². The summed E-state index contributed by atoms with van der Waals surface area (Å²) < 4.78 is 18.8. The van der Waals surface area contributed by atoms with Gasteiger partial charge in [-0.1, -0.05) is 30.4 Å². The van der Waals surface area contributed by atoms with Gasteiger partial charge in [-0.25, -0.2) is 4.39 Å². The van der Waals surface area contributed by atoms with Crippen LogP contribution in [0, 0.1) is 5.82 Å². The summed E-state index contributed by atoms with van der Waals surface area (Å²) in [5.74, 6) is 0.268. The number of ether oxygens (including phenoxy) is 1. The van der Waals surface area contributed by atoms with Crippen molar-refractivity contribution in [3.8, 4) is 5.75 Å². The van der Waals surface area contributed by atoms with Crippen LogP contribution < -0.4 is 10.5 Å². The van der Waals surface area contributed by atoms with Gasteiger partial charge in [0.25, 0.3) is 0 Å². The minimum atomic E-state index is -0.385. The molecule has 0 aromatic heterocycles. The highest BCUT2D eigenvalue weighted by Gasteiger charge is 2.07. The third-order valence-electron chi connectivity index (χ3n) is 2.84. The molecule has 0 amide bonds. The Kier molecular flexibility index (Phi) is 4.65. The zero-order valence-electron chi connectivity index (χ0n) is 10.7. The smallest absolute Gasteiger partial charge is 0.123 e. The van der Waals surface area contributed by atoms with Crippen molar-refractivity contribution in [1.82, 2.24) is 0 Å². The molecule has 0 bridgehead atoms. The van der Waals surface area contributed by atoms with E-state index >= 15 is 0 Å². The van der Waals surface area contributed by atoms with Crippen molar-refractivity contribution in [1.29, 1.82) is 0 Å². The number of thiocarbonyl (C=S) groups is 1. The number of halogens is 1. The molecule has 3 nitrogen and oxygen atoms in total. The van der Waals surface area contributed by atoms with E-state index in [9.17, 15) is 4.39 Å². The molecular weight excluding hydrogens is 277 g/mol. The molecule has 2 aromatic rings. The Labute approximate surface area is 121 Å². The maximum atomic E-state index is 13.2. The standard InChI is InChI=1S/C15H14FNO2S/c16-12-4-3-11(14(7-12)15(17)20)9-19-13-5-1-10(8-18)2-6-13/h1-7,18H,8-9H2,(H2,17,20). The molecule has 0 unspecified atom stereocenters. The van der Waals surface area contributed by atoms with Crippen molar-refractivity contribution < 1.29 is 14.2 Å². The van der Waals surface area contributed by atoms with E-state index in [1.54, 1.807) is 30.3 Å². The second kappa shape index (κ2) is 6.45. The van der Waals surface area contributed by atoms with Gasteiger partial charge in [0.2, 0.25) is 0 Å². The van der Waals surface area contributed by atoms with Crippen LogP contribution in [0.25, 0.3) is 0 Å². The second-order valence-electron chi connectivity index (χ2n) is 4.26. The van der Waals surface area contributed by atoms with Gasteiger partial charge in [0.05, 0.1) is 6.61 Å². The largest absolute Gasteiger partial charge is 0.489 e. The minimum Gasteiger partial charge on any atom is -0.489 e. The van der Waals surface area contributed by atoms with E-state index in [2.05, 4.69) is 0 Å². The summed E-state index contributed by atoms with van der Waals surface area (Å²) in [6, 6.07) is 11.3. The minimum absolute atomic E-state index is 0.0101. The number of aliphatic hydroxyl groups excluding tert-OH is 1. The molecule has 3 N–H and O–H groups in total. The highest BCUT2D eigenvalue weighted by atomic mass is 32.1. The molecule has 104 valence electrons. The molecule has 5 heteroatoms. The van der Waals surface area contributed by atoms with E-state index in [0.717, 1.165) is 11.1 Å². The molecule has 0 atom stereocenters. The lowest BCUT2D eigenvalue weighted by Gasteiger charge is -2.10. The lowest BCUT2D eigenvalue weighted by molar-refractivity contribution is 0.280. The Hall–Kier alpha value is -1.98. The van der Waals surface area contributed by atoms with E-state index in [4.69, 9.17) is 27.8 Å². The van der Waals surface area contributed by atoms with Crippen molar-refractivity contribution in [2.24, 2.45) is 5.73 Å². The summed E-state index contributed by atoms with van der Waals surface area (Å²) in [5, 5.41) is 8.96. The van der Waals surface area contributed by atoms with Crippen LogP contribution in [0.5, 0.6) is 5.75 Å². The van der Waals surface area contributed by atoms with E-state index in [1.807, 2.05) is 0 Å². The van der Waals surface area contributed by atoms with Crippen LogP contribution in [0.15, 0.2) is 42.5 Å². The van der Waals surface area contributed by atoms with Crippen molar-refractivity contribution in [2.45, 2.75) is 13.2 Å². The van der Waals surface area contributed by atoms with Gasteiger partial charge in [0.15, 0.2) is 0 Å². The summed E-state index contributed by atoms with van der Waals surface area (Å²) in [6.45, 7) is 0.231. The van der Waals surface area contributed by atoms with Gasteiger partial charge in [-0.15, -0.1) is 0 Å². The Morgan fingerprint density at radius 2 is 1.90 bits per heavy atom. The molecule has 2 aromatic carbocycles. The van der Waals surface area contributed by atoms with E-state index in [1.165, 1.54) is 12.1 Å². The third-order valence-corrected chi connectivity index (χ3v) is 3.06. The molecule has 0 aliphatic carbocycles. The maximum Gasteiger partial charge on any atom is 0.123 e. The van der Waals surface area contributed by atoms with E-state index in [0.29, 0.717) is 11.3 Å². The molecule has 2 rings (SSSR count). The number of benzene rings is 2. The average Bonchev–Trinajstić information content (AvgIpc) is 2.46. The van der Waals surface area contributed by atoms with Crippen LogP contribution in [0.4, 0.5) is 4.39 Å². The summed E-state index contributed by atoms with van der Waals surface area (Å²) in [4.78, 5) is 0.138. The number of hydrogen-bond acceptors (Lipinski definition) is 3. The van der Waals surface area contributed by atoms with Gasteiger partial charge in [-0.3, -0.25) is 0 Å². The molecule has 0 aliphatic heterocycles. The zero-order chi connectivity index (χ0) is 14.5. The lowest BCUT2D eigenvalue weighted by Crippen LogP contribution is -2.14. The quantitative estimate of drug-likeness (QED) is 0.831. The molecule has 0 fully saturated rings. The summed E-state index contributed by atoms with van der Waals surface area (Å²) in [5.41, 5.74) is 7.59. The fourth-order valence-corrected chi connectivity index (χ4v) is 1.95. The van der Waals surface area contributed by atoms with Crippen LogP contribution >= 0.6 is 12.2 Å². The van der Waals surface area contributed by atoms with Gasteiger partial charge in [0.1, 0.15) is 23.2 Å². The van der Waals surface area contributed by atoms with Crippen molar-refractivity contribution in [3.05, 3.63) is 65.0 Å². The van der Waals surface area contributed by atoms with E-state index < -0.39 is 0 Å². The fourth-order valence-electron chi connectivity index (χ4n) is 1.76. The fraction of sp³-hybridized carbons (Fsp3) is 0.133. The lowest BCUT2D eigenvalue weighted by atomic mass is 10.1. The molecule has 0 heterocycles. The molecule has 0 radical (unpaired) electrons. The number of hydrogen-bond donors (Lipinski definition) is 2. The van der Waals surface area contributed by atoms with Crippen LogP contribution in [-0.2, 0) is 13.2 Å². The first kappa shape index (κ1) is 14.4. The van der Waals surface area contributed by atoms with Gasteiger partial charge in [0, 0.05) is 5.56 Å². The molecule has 20 heavy (non-hydrogen) atoms. The van der Waals surface area contributed by atoms with Gasteiger partial charge in [-0.2, -0.15) is 0 Å².